The Hall–Kier alpha value is -0.580. The molecule has 1 heterocycles. The molecular weight excluding hydrogens is 340 g/mol. The lowest BCUT2D eigenvalue weighted by Crippen LogP contribution is -2.06. The Balaban J connectivity index is 1.65. The monoisotopic (exact) mass is 356 g/mol. The molecular formula is C15H18BrClN2O. The van der Waals surface area contributed by atoms with E-state index in [4.69, 9.17) is 16.3 Å². The third kappa shape index (κ3) is 3.35. The third-order valence-electron chi connectivity index (χ3n) is 3.63. The minimum atomic E-state index is 0.440. The summed E-state index contributed by atoms with van der Waals surface area (Å²) in [5.41, 5.74) is 2.14. The third-order valence-corrected chi connectivity index (χ3v) is 4.36. The first-order valence-corrected chi connectivity index (χ1v) is 8.39. The Morgan fingerprint density at radius 3 is 3.00 bits per heavy atom. The molecule has 0 aliphatic heterocycles. The van der Waals surface area contributed by atoms with Gasteiger partial charge in [0.1, 0.15) is 5.82 Å². The Kier molecular flexibility index (Phi) is 4.64. The SMILES string of the molecule is ClCc1nc2cc(Br)ccc2n1CCCOCC1CC1. The van der Waals surface area contributed by atoms with Gasteiger partial charge in [-0.1, -0.05) is 15.9 Å². The summed E-state index contributed by atoms with van der Waals surface area (Å²) in [4.78, 5) is 4.59. The summed E-state index contributed by atoms with van der Waals surface area (Å²) >= 11 is 9.49. The maximum absolute atomic E-state index is 6.01. The first kappa shape index (κ1) is 14.4. The highest BCUT2D eigenvalue weighted by Crippen LogP contribution is 2.28. The average Bonchev–Trinajstić information content (AvgIpc) is 3.20. The molecule has 2 aromatic rings. The fraction of sp³-hybridized carbons (Fsp3) is 0.533. The molecule has 1 aromatic carbocycles. The standard InChI is InChI=1S/C15H18BrClN2O/c16-12-4-5-14-13(8-12)18-15(9-17)19(14)6-1-7-20-10-11-2-3-11/h4-5,8,11H,1-3,6-7,9-10H2. The molecule has 5 heteroatoms. The predicted molar refractivity (Wildman–Crippen MR) is 85.2 cm³/mol. The molecule has 0 radical (unpaired) electrons. The quantitative estimate of drug-likeness (QED) is 0.544. The highest BCUT2D eigenvalue weighted by atomic mass is 79.9. The first-order chi connectivity index (χ1) is 9.78. The molecule has 3 rings (SSSR count). The van der Waals surface area contributed by atoms with Gasteiger partial charge in [0.05, 0.1) is 16.9 Å². The van der Waals surface area contributed by atoms with Crippen molar-refractivity contribution in [1.29, 1.82) is 0 Å². The molecule has 1 aromatic heterocycles. The van der Waals surface area contributed by atoms with Gasteiger partial charge in [-0.25, -0.2) is 4.98 Å². The van der Waals surface area contributed by atoms with E-state index in [1.165, 1.54) is 12.8 Å². The van der Waals surface area contributed by atoms with Gasteiger partial charge in [-0.2, -0.15) is 0 Å². The summed E-state index contributed by atoms with van der Waals surface area (Å²) in [7, 11) is 0. The molecule has 0 amide bonds. The van der Waals surface area contributed by atoms with E-state index < -0.39 is 0 Å². The van der Waals surface area contributed by atoms with Crippen molar-refractivity contribution in [3.63, 3.8) is 0 Å². The molecule has 1 aliphatic carbocycles. The Morgan fingerprint density at radius 1 is 1.40 bits per heavy atom. The summed E-state index contributed by atoms with van der Waals surface area (Å²) in [6.07, 6.45) is 3.69. The molecule has 0 unspecified atom stereocenters. The van der Waals surface area contributed by atoms with Crippen LogP contribution < -0.4 is 0 Å². The molecule has 0 spiro atoms. The number of ether oxygens (including phenoxy) is 1. The second kappa shape index (κ2) is 6.46. The van der Waals surface area contributed by atoms with Crippen LogP contribution in [0.2, 0.25) is 0 Å². The number of aromatic nitrogens is 2. The number of imidazole rings is 1. The van der Waals surface area contributed by atoms with E-state index in [2.05, 4.69) is 31.5 Å². The Labute approximate surface area is 132 Å². The minimum absolute atomic E-state index is 0.440. The summed E-state index contributed by atoms with van der Waals surface area (Å²) in [6.45, 7) is 2.65. The van der Waals surface area contributed by atoms with Gasteiger partial charge in [0.15, 0.2) is 0 Å². The molecule has 0 atom stereocenters. The van der Waals surface area contributed by atoms with Crippen LogP contribution in [0.5, 0.6) is 0 Å². The van der Waals surface area contributed by atoms with E-state index >= 15 is 0 Å². The summed E-state index contributed by atoms with van der Waals surface area (Å²) in [5.74, 6) is 2.21. The minimum Gasteiger partial charge on any atom is -0.381 e. The summed E-state index contributed by atoms with van der Waals surface area (Å²) in [6, 6.07) is 6.17. The molecule has 0 saturated heterocycles. The van der Waals surface area contributed by atoms with Crippen LogP contribution >= 0.6 is 27.5 Å². The molecule has 1 fully saturated rings. The molecule has 108 valence electrons. The van der Waals surface area contributed by atoms with Gasteiger partial charge in [-0.3, -0.25) is 0 Å². The van der Waals surface area contributed by atoms with Crippen molar-refractivity contribution >= 4 is 38.6 Å². The smallest absolute Gasteiger partial charge is 0.124 e. The lowest BCUT2D eigenvalue weighted by Gasteiger charge is -2.08. The van der Waals surface area contributed by atoms with Crippen molar-refractivity contribution in [3.05, 3.63) is 28.5 Å². The van der Waals surface area contributed by atoms with Crippen molar-refractivity contribution in [3.8, 4) is 0 Å². The number of hydrogen-bond acceptors (Lipinski definition) is 2. The first-order valence-electron chi connectivity index (χ1n) is 7.06. The largest absolute Gasteiger partial charge is 0.381 e. The highest BCUT2D eigenvalue weighted by molar-refractivity contribution is 9.10. The predicted octanol–water partition coefficient (Wildman–Crippen LogP) is 4.35. The topological polar surface area (TPSA) is 27.1 Å². The highest BCUT2D eigenvalue weighted by Gasteiger charge is 2.20. The maximum Gasteiger partial charge on any atom is 0.124 e. The van der Waals surface area contributed by atoms with Gasteiger partial charge in [0.2, 0.25) is 0 Å². The molecule has 3 nitrogen and oxygen atoms in total. The number of benzene rings is 1. The molecule has 20 heavy (non-hydrogen) atoms. The zero-order valence-electron chi connectivity index (χ0n) is 11.3. The average molecular weight is 358 g/mol. The van der Waals surface area contributed by atoms with E-state index in [1.54, 1.807) is 0 Å². The van der Waals surface area contributed by atoms with Crippen molar-refractivity contribution in [2.24, 2.45) is 5.92 Å². The molecule has 1 aliphatic rings. The lowest BCUT2D eigenvalue weighted by atomic mass is 10.3. The van der Waals surface area contributed by atoms with Gasteiger partial charge < -0.3 is 9.30 Å². The number of rotatable bonds is 7. The van der Waals surface area contributed by atoms with Crippen LogP contribution in [0.3, 0.4) is 0 Å². The van der Waals surface area contributed by atoms with Crippen LogP contribution in [0.25, 0.3) is 11.0 Å². The normalized spacial score (nSPS) is 15.1. The van der Waals surface area contributed by atoms with Crippen LogP contribution in [0.1, 0.15) is 25.1 Å². The summed E-state index contributed by atoms with van der Waals surface area (Å²) in [5, 5.41) is 0. The van der Waals surface area contributed by atoms with Crippen LogP contribution in [-0.4, -0.2) is 22.8 Å². The molecule has 1 saturated carbocycles. The second-order valence-electron chi connectivity index (χ2n) is 5.32. The Bertz CT molecular complexity index is 595. The van der Waals surface area contributed by atoms with Gasteiger partial charge in [0.25, 0.3) is 0 Å². The maximum atomic E-state index is 6.01. The van der Waals surface area contributed by atoms with Gasteiger partial charge in [-0.05, 0) is 43.4 Å². The number of alkyl halides is 1. The van der Waals surface area contributed by atoms with Gasteiger partial charge in [0, 0.05) is 24.2 Å². The van der Waals surface area contributed by atoms with Gasteiger partial charge >= 0.3 is 0 Å². The lowest BCUT2D eigenvalue weighted by molar-refractivity contribution is 0.119. The number of aryl methyl sites for hydroxylation is 1. The van der Waals surface area contributed by atoms with Crippen molar-refractivity contribution in [2.75, 3.05) is 13.2 Å². The van der Waals surface area contributed by atoms with E-state index in [0.717, 1.165) is 53.4 Å². The summed E-state index contributed by atoms with van der Waals surface area (Å²) < 4.78 is 8.93. The van der Waals surface area contributed by atoms with Gasteiger partial charge in [-0.15, -0.1) is 11.6 Å². The fourth-order valence-electron chi connectivity index (χ4n) is 2.36. The molecule has 0 bridgehead atoms. The molecule has 0 N–H and O–H groups in total. The van der Waals surface area contributed by atoms with Crippen LogP contribution in [0.4, 0.5) is 0 Å². The number of fused-ring (bicyclic) bond motifs is 1. The van der Waals surface area contributed by atoms with Crippen LogP contribution in [-0.2, 0) is 17.2 Å². The van der Waals surface area contributed by atoms with Crippen molar-refractivity contribution in [2.45, 2.75) is 31.7 Å². The number of halogens is 2. The van der Waals surface area contributed by atoms with E-state index in [1.807, 2.05) is 12.1 Å². The van der Waals surface area contributed by atoms with Crippen LogP contribution in [0.15, 0.2) is 22.7 Å². The van der Waals surface area contributed by atoms with E-state index in [-0.39, 0.29) is 0 Å². The Morgan fingerprint density at radius 2 is 2.25 bits per heavy atom. The zero-order chi connectivity index (χ0) is 13.9. The number of hydrogen-bond donors (Lipinski definition) is 0. The van der Waals surface area contributed by atoms with Crippen LogP contribution in [0, 0.1) is 5.92 Å². The van der Waals surface area contributed by atoms with Crippen molar-refractivity contribution < 1.29 is 4.74 Å². The van der Waals surface area contributed by atoms with Crippen molar-refractivity contribution in [1.82, 2.24) is 9.55 Å². The number of nitrogens with zero attached hydrogens (tertiary/aromatic N) is 2. The fourth-order valence-corrected chi connectivity index (χ4v) is 2.92. The van der Waals surface area contributed by atoms with E-state index in [0.29, 0.717) is 5.88 Å². The second-order valence-corrected chi connectivity index (χ2v) is 6.50. The zero-order valence-corrected chi connectivity index (χ0v) is 13.7. The van der Waals surface area contributed by atoms with E-state index in [9.17, 15) is 0 Å².